The molecule has 26 heavy (non-hydrogen) atoms. The summed E-state index contributed by atoms with van der Waals surface area (Å²) in [5.74, 6) is 1.91. The molecule has 3 aliphatic rings. The van der Waals surface area contributed by atoms with E-state index in [4.69, 9.17) is 0 Å². The zero-order valence-corrected chi connectivity index (χ0v) is 16.5. The van der Waals surface area contributed by atoms with Gasteiger partial charge in [-0.1, -0.05) is 38.2 Å². The summed E-state index contributed by atoms with van der Waals surface area (Å²) < 4.78 is 0. The second kappa shape index (κ2) is 8.00. The fraction of sp³-hybridized carbons (Fsp3) is 0.739. The molecule has 0 unspecified atom stereocenters. The van der Waals surface area contributed by atoms with Crippen molar-refractivity contribution in [2.75, 3.05) is 6.61 Å². The molecule has 3 fully saturated rings. The van der Waals surface area contributed by atoms with Crippen molar-refractivity contribution in [3.8, 4) is 0 Å². The van der Waals surface area contributed by atoms with Gasteiger partial charge in [0.05, 0.1) is 12.2 Å². The zero-order chi connectivity index (χ0) is 18.9. The Kier molecular flexibility index (Phi) is 6.11. The Morgan fingerprint density at radius 3 is 2.77 bits per heavy atom. The maximum absolute atomic E-state index is 10.1. The van der Waals surface area contributed by atoms with Crippen LogP contribution in [0.3, 0.4) is 0 Å². The summed E-state index contributed by atoms with van der Waals surface area (Å²) in [4.78, 5) is 0. The van der Waals surface area contributed by atoms with Crippen LogP contribution in [0.2, 0.25) is 0 Å². The van der Waals surface area contributed by atoms with Crippen molar-refractivity contribution < 1.29 is 15.3 Å². The van der Waals surface area contributed by atoms with E-state index in [2.05, 4.69) is 32.6 Å². The van der Waals surface area contributed by atoms with Gasteiger partial charge in [0, 0.05) is 13.0 Å². The van der Waals surface area contributed by atoms with Crippen LogP contribution in [0.15, 0.2) is 35.5 Å². The highest BCUT2D eigenvalue weighted by molar-refractivity contribution is 5.38. The first-order chi connectivity index (χ1) is 12.4. The van der Waals surface area contributed by atoms with Crippen molar-refractivity contribution in [3.05, 3.63) is 35.5 Å². The Morgan fingerprint density at radius 1 is 1.27 bits per heavy atom. The van der Waals surface area contributed by atoms with Gasteiger partial charge in [0.1, 0.15) is 0 Å². The lowest BCUT2D eigenvalue weighted by Crippen LogP contribution is -2.36. The van der Waals surface area contributed by atoms with Crippen LogP contribution in [0.1, 0.15) is 65.2 Å². The molecule has 0 radical (unpaired) electrons. The second-order valence-electron chi connectivity index (χ2n) is 9.15. The Morgan fingerprint density at radius 2 is 2.04 bits per heavy atom. The van der Waals surface area contributed by atoms with Crippen molar-refractivity contribution in [2.24, 2.45) is 23.2 Å². The number of aliphatic hydroxyl groups excluding tert-OH is 3. The Bertz CT molecular complexity index is 590. The quantitative estimate of drug-likeness (QED) is 0.706. The first kappa shape index (κ1) is 19.9. The van der Waals surface area contributed by atoms with Gasteiger partial charge in [0.25, 0.3) is 0 Å². The standard InChI is InChI=1S/C23H36O3/c1-15(10-12-24)20-8-9-21-17(5-4-11-23(20,21)3)6-7-18-13-19(25)14-22(26)16(18)2/h6-7,15,19-22,24-26H,2,4-5,8-14H2,1,3H3/b17-6+,18-7?/t15-,19-,20-,21+,22+,23-/m1/s1. The van der Waals surface area contributed by atoms with E-state index < -0.39 is 12.2 Å². The minimum atomic E-state index is -0.616. The van der Waals surface area contributed by atoms with Crippen molar-refractivity contribution in [3.63, 3.8) is 0 Å². The summed E-state index contributed by atoms with van der Waals surface area (Å²) >= 11 is 0. The highest BCUT2D eigenvalue weighted by Gasteiger charge is 2.50. The summed E-state index contributed by atoms with van der Waals surface area (Å²) in [5.41, 5.74) is 3.65. The first-order valence-corrected chi connectivity index (χ1v) is 10.4. The van der Waals surface area contributed by atoms with Crippen molar-refractivity contribution in [1.82, 2.24) is 0 Å². The molecular weight excluding hydrogens is 324 g/mol. The molecule has 3 aliphatic carbocycles. The minimum Gasteiger partial charge on any atom is -0.396 e. The molecule has 0 aliphatic heterocycles. The molecule has 6 atom stereocenters. The van der Waals surface area contributed by atoms with Gasteiger partial charge in [-0.05, 0) is 79.3 Å². The number of rotatable bonds is 4. The van der Waals surface area contributed by atoms with E-state index in [9.17, 15) is 15.3 Å². The number of hydrogen-bond acceptors (Lipinski definition) is 3. The molecule has 0 saturated heterocycles. The van der Waals surface area contributed by atoms with E-state index in [1.807, 2.05) is 0 Å². The van der Waals surface area contributed by atoms with Crippen LogP contribution in [0.4, 0.5) is 0 Å². The second-order valence-corrected chi connectivity index (χ2v) is 9.15. The maximum atomic E-state index is 10.1. The van der Waals surface area contributed by atoms with E-state index >= 15 is 0 Å². The van der Waals surface area contributed by atoms with E-state index in [0.717, 1.165) is 24.0 Å². The van der Waals surface area contributed by atoms with Gasteiger partial charge in [-0.3, -0.25) is 0 Å². The number of hydrogen-bond donors (Lipinski definition) is 3. The third-order valence-corrected chi connectivity index (χ3v) is 7.57. The van der Waals surface area contributed by atoms with Crippen molar-refractivity contribution in [2.45, 2.75) is 77.4 Å². The molecule has 0 bridgehead atoms. The SMILES string of the molecule is C=C1C(=C/C=C2\CCC[C@]3(C)[C@@H]([C@H](C)CCO)CC[C@@H]23)C[C@@H](O)C[C@@H]1O. The molecule has 3 nitrogen and oxygen atoms in total. The van der Waals surface area contributed by atoms with Gasteiger partial charge < -0.3 is 15.3 Å². The highest BCUT2D eigenvalue weighted by Crippen LogP contribution is 2.59. The molecule has 0 aromatic heterocycles. The van der Waals surface area contributed by atoms with Crippen LogP contribution in [0.5, 0.6) is 0 Å². The van der Waals surface area contributed by atoms with E-state index in [-0.39, 0.29) is 0 Å². The minimum absolute atomic E-state index is 0.292. The molecule has 3 heteroatoms. The topological polar surface area (TPSA) is 60.7 Å². The lowest BCUT2D eigenvalue weighted by atomic mass is 9.61. The molecule has 3 N–H and O–H groups in total. The molecule has 0 spiro atoms. The van der Waals surface area contributed by atoms with Crippen LogP contribution in [0.25, 0.3) is 0 Å². The number of aliphatic hydroxyl groups is 3. The van der Waals surface area contributed by atoms with Crippen LogP contribution in [-0.4, -0.2) is 34.1 Å². The summed E-state index contributed by atoms with van der Waals surface area (Å²) in [5, 5.41) is 29.4. The number of allylic oxidation sites excluding steroid dienone is 3. The molecule has 0 heterocycles. The molecule has 0 aromatic rings. The predicted molar refractivity (Wildman–Crippen MR) is 106 cm³/mol. The van der Waals surface area contributed by atoms with E-state index in [0.29, 0.717) is 42.6 Å². The lowest BCUT2D eigenvalue weighted by Gasteiger charge is -2.44. The van der Waals surface area contributed by atoms with Gasteiger partial charge in [0.2, 0.25) is 0 Å². The third kappa shape index (κ3) is 3.72. The molecule has 3 rings (SSSR count). The first-order valence-electron chi connectivity index (χ1n) is 10.4. The molecular formula is C23H36O3. The fourth-order valence-corrected chi connectivity index (χ4v) is 6.08. The largest absolute Gasteiger partial charge is 0.396 e. The average molecular weight is 361 g/mol. The lowest BCUT2D eigenvalue weighted by molar-refractivity contribution is 0.0849. The monoisotopic (exact) mass is 360 g/mol. The van der Waals surface area contributed by atoms with Gasteiger partial charge in [0.15, 0.2) is 0 Å². The van der Waals surface area contributed by atoms with E-state index in [1.165, 1.54) is 31.3 Å². The number of fused-ring (bicyclic) bond motifs is 1. The van der Waals surface area contributed by atoms with Crippen LogP contribution in [0, 0.1) is 23.2 Å². The van der Waals surface area contributed by atoms with Crippen molar-refractivity contribution in [1.29, 1.82) is 0 Å². The van der Waals surface area contributed by atoms with Crippen LogP contribution in [-0.2, 0) is 0 Å². The highest BCUT2D eigenvalue weighted by atomic mass is 16.3. The summed E-state index contributed by atoms with van der Waals surface area (Å²) in [6.07, 6.45) is 11.4. The van der Waals surface area contributed by atoms with Gasteiger partial charge in [-0.2, -0.15) is 0 Å². The molecule has 0 amide bonds. The maximum Gasteiger partial charge on any atom is 0.0811 e. The molecule has 0 aromatic carbocycles. The smallest absolute Gasteiger partial charge is 0.0811 e. The third-order valence-electron chi connectivity index (χ3n) is 7.57. The molecule has 146 valence electrons. The Balaban J connectivity index is 1.80. The Hall–Kier alpha value is -0.900. The normalized spacial score (nSPS) is 42.3. The van der Waals surface area contributed by atoms with Gasteiger partial charge >= 0.3 is 0 Å². The average Bonchev–Trinajstić information content (AvgIpc) is 2.94. The fourth-order valence-electron chi connectivity index (χ4n) is 6.08. The summed E-state index contributed by atoms with van der Waals surface area (Å²) in [6.45, 7) is 9.10. The Labute approximate surface area is 158 Å². The summed E-state index contributed by atoms with van der Waals surface area (Å²) in [7, 11) is 0. The summed E-state index contributed by atoms with van der Waals surface area (Å²) in [6, 6.07) is 0. The molecule has 3 saturated carbocycles. The zero-order valence-electron chi connectivity index (χ0n) is 16.5. The van der Waals surface area contributed by atoms with Crippen LogP contribution >= 0.6 is 0 Å². The van der Waals surface area contributed by atoms with Gasteiger partial charge in [-0.25, -0.2) is 0 Å². The predicted octanol–water partition coefficient (Wildman–Crippen LogP) is 4.15. The van der Waals surface area contributed by atoms with Crippen LogP contribution < -0.4 is 0 Å². The van der Waals surface area contributed by atoms with Crippen molar-refractivity contribution >= 4 is 0 Å². The van der Waals surface area contributed by atoms with Gasteiger partial charge in [-0.15, -0.1) is 0 Å². The van der Waals surface area contributed by atoms with E-state index in [1.54, 1.807) is 0 Å².